The molecule has 4 rings (SSSR count). The molecule has 0 saturated heterocycles. The summed E-state index contributed by atoms with van der Waals surface area (Å²) in [6, 6.07) is 3.49. The smallest absolute Gasteiger partial charge is 0.268 e. The van der Waals surface area contributed by atoms with Crippen molar-refractivity contribution in [2.75, 3.05) is 7.05 Å². The molecule has 3 heterocycles. The Labute approximate surface area is 152 Å². The fourth-order valence-corrected chi connectivity index (χ4v) is 4.06. The van der Waals surface area contributed by atoms with Crippen molar-refractivity contribution in [1.29, 1.82) is 0 Å². The molecule has 26 heavy (non-hydrogen) atoms. The van der Waals surface area contributed by atoms with Gasteiger partial charge in [0.15, 0.2) is 0 Å². The van der Waals surface area contributed by atoms with Crippen LogP contribution in [0, 0.1) is 0 Å². The minimum absolute atomic E-state index is 0.121. The van der Waals surface area contributed by atoms with Crippen LogP contribution in [0.4, 0.5) is 0 Å². The van der Waals surface area contributed by atoms with E-state index in [9.17, 15) is 14.4 Å². The molecule has 134 valence electrons. The Morgan fingerprint density at radius 2 is 2.04 bits per heavy atom. The highest BCUT2D eigenvalue weighted by Gasteiger charge is 2.20. The van der Waals surface area contributed by atoms with Crippen LogP contribution in [0.25, 0.3) is 10.2 Å². The predicted octanol–water partition coefficient (Wildman–Crippen LogP) is 1.82. The fourth-order valence-electron chi connectivity index (χ4n) is 3.33. The third kappa shape index (κ3) is 2.96. The molecule has 0 spiro atoms. The lowest BCUT2D eigenvalue weighted by Gasteiger charge is -2.19. The molecule has 0 bridgehead atoms. The molecular formula is C18H18N4O3S. The number of aryl methyl sites for hydroxylation is 2. The SMILES string of the molecule is CN(Cc1nc2ccsc2c(=O)[nH]1)C(=O)c1cc2c([nH]c1=O)CCCC2. The predicted molar refractivity (Wildman–Crippen MR) is 99.7 cm³/mol. The molecule has 0 saturated carbocycles. The van der Waals surface area contributed by atoms with Crippen LogP contribution < -0.4 is 11.1 Å². The minimum Gasteiger partial charge on any atom is -0.334 e. The quantitative estimate of drug-likeness (QED) is 0.735. The van der Waals surface area contributed by atoms with Crippen LogP contribution >= 0.6 is 11.3 Å². The zero-order chi connectivity index (χ0) is 18.3. The van der Waals surface area contributed by atoms with Crippen molar-refractivity contribution >= 4 is 27.5 Å². The van der Waals surface area contributed by atoms with Crippen molar-refractivity contribution in [2.45, 2.75) is 32.2 Å². The van der Waals surface area contributed by atoms with Gasteiger partial charge in [0.25, 0.3) is 17.0 Å². The highest BCUT2D eigenvalue weighted by Crippen LogP contribution is 2.19. The Kier molecular flexibility index (Phi) is 4.20. The number of hydrogen-bond donors (Lipinski definition) is 2. The number of rotatable bonds is 3. The average molecular weight is 370 g/mol. The van der Waals surface area contributed by atoms with Gasteiger partial charge in [-0.1, -0.05) is 0 Å². The lowest BCUT2D eigenvalue weighted by molar-refractivity contribution is 0.0779. The second-order valence-corrected chi connectivity index (χ2v) is 7.45. The lowest BCUT2D eigenvalue weighted by Crippen LogP contribution is -2.33. The van der Waals surface area contributed by atoms with Gasteiger partial charge in [0.1, 0.15) is 16.1 Å². The van der Waals surface area contributed by atoms with Crippen molar-refractivity contribution in [3.05, 3.63) is 60.9 Å². The van der Waals surface area contributed by atoms with E-state index < -0.39 is 0 Å². The molecular weight excluding hydrogens is 352 g/mol. The summed E-state index contributed by atoms with van der Waals surface area (Å²) in [6.45, 7) is 0.121. The number of H-pyrrole nitrogens is 2. The number of nitrogens with one attached hydrogen (secondary N) is 2. The van der Waals surface area contributed by atoms with E-state index in [1.807, 2.05) is 0 Å². The van der Waals surface area contributed by atoms with Gasteiger partial charge in [-0.25, -0.2) is 4.98 Å². The third-order valence-electron chi connectivity index (χ3n) is 4.67. The maximum Gasteiger partial charge on any atom is 0.268 e. The van der Waals surface area contributed by atoms with E-state index >= 15 is 0 Å². The van der Waals surface area contributed by atoms with Gasteiger partial charge in [-0.05, 0) is 48.8 Å². The minimum atomic E-state index is -0.382. The normalized spacial score (nSPS) is 13.6. The van der Waals surface area contributed by atoms with Crippen molar-refractivity contribution < 1.29 is 4.79 Å². The number of fused-ring (bicyclic) bond motifs is 2. The molecule has 8 heteroatoms. The van der Waals surface area contributed by atoms with Gasteiger partial charge in [0.05, 0.1) is 12.1 Å². The van der Waals surface area contributed by atoms with Gasteiger partial charge in [-0.2, -0.15) is 0 Å². The summed E-state index contributed by atoms with van der Waals surface area (Å²) in [5.74, 6) is 0.0128. The van der Waals surface area contributed by atoms with Crippen LogP contribution in [0.1, 0.15) is 40.3 Å². The summed E-state index contributed by atoms with van der Waals surface area (Å²) in [7, 11) is 1.60. The summed E-state index contributed by atoms with van der Waals surface area (Å²) in [4.78, 5) is 48.4. The number of aromatic amines is 2. The first-order chi connectivity index (χ1) is 12.5. The van der Waals surface area contributed by atoms with Crippen molar-refractivity contribution in [1.82, 2.24) is 19.9 Å². The van der Waals surface area contributed by atoms with Gasteiger partial charge < -0.3 is 14.9 Å². The van der Waals surface area contributed by atoms with Crippen molar-refractivity contribution in [3.63, 3.8) is 0 Å². The van der Waals surface area contributed by atoms with Crippen LogP contribution in [0.2, 0.25) is 0 Å². The van der Waals surface area contributed by atoms with Crippen LogP contribution in [0.15, 0.2) is 27.1 Å². The molecule has 1 aliphatic rings. The number of pyridine rings is 1. The van der Waals surface area contributed by atoms with Crippen molar-refractivity contribution in [3.8, 4) is 0 Å². The van der Waals surface area contributed by atoms with Crippen LogP contribution in [0.3, 0.4) is 0 Å². The number of thiophene rings is 1. The lowest BCUT2D eigenvalue weighted by atomic mass is 9.95. The number of aromatic nitrogens is 3. The summed E-state index contributed by atoms with van der Waals surface area (Å²) < 4.78 is 0.564. The number of carbonyl (C=O) groups excluding carboxylic acids is 1. The van der Waals surface area contributed by atoms with Crippen LogP contribution in [-0.2, 0) is 19.4 Å². The van der Waals surface area contributed by atoms with Crippen LogP contribution in [0.5, 0.6) is 0 Å². The first-order valence-corrected chi connectivity index (χ1v) is 9.38. The maximum absolute atomic E-state index is 12.7. The zero-order valence-electron chi connectivity index (χ0n) is 14.3. The van der Waals surface area contributed by atoms with E-state index in [2.05, 4.69) is 15.0 Å². The van der Waals surface area contributed by atoms with Gasteiger partial charge in [0, 0.05) is 12.7 Å². The molecule has 0 unspecified atom stereocenters. The monoisotopic (exact) mass is 370 g/mol. The van der Waals surface area contributed by atoms with E-state index in [-0.39, 0.29) is 29.1 Å². The van der Waals surface area contributed by atoms with Crippen LogP contribution in [-0.4, -0.2) is 32.8 Å². The van der Waals surface area contributed by atoms with E-state index in [1.54, 1.807) is 24.6 Å². The second-order valence-electron chi connectivity index (χ2n) is 6.53. The summed E-state index contributed by atoms with van der Waals surface area (Å²) in [6.07, 6.45) is 3.84. The largest absolute Gasteiger partial charge is 0.334 e. The Bertz CT molecular complexity index is 1110. The molecule has 0 atom stereocenters. The van der Waals surface area contributed by atoms with Gasteiger partial charge in [-0.3, -0.25) is 14.4 Å². The number of nitrogens with zero attached hydrogens (tertiary/aromatic N) is 2. The molecule has 2 N–H and O–H groups in total. The Morgan fingerprint density at radius 1 is 1.23 bits per heavy atom. The number of amides is 1. The highest BCUT2D eigenvalue weighted by atomic mass is 32.1. The third-order valence-corrected chi connectivity index (χ3v) is 5.57. The van der Waals surface area contributed by atoms with Gasteiger partial charge in [0.2, 0.25) is 0 Å². The molecule has 0 fully saturated rings. The molecule has 3 aromatic rings. The van der Waals surface area contributed by atoms with E-state index in [1.165, 1.54) is 16.2 Å². The molecule has 7 nitrogen and oxygen atoms in total. The molecule has 1 amide bonds. The molecule has 0 radical (unpaired) electrons. The highest BCUT2D eigenvalue weighted by molar-refractivity contribution is 7.17. The maximum atomic E-state index is 12.7. The Balaban J connectivity index is 1.61. The molecule has 1 aliphatic carbocycles. The fraction of sp³-hybridized carbons (Fsp3) is 0.333. The topological polar surface area (TPSA) is 98.9 Å². The zero-order valence-corrected chi connectivity index (χ0v) is 15.1. The van der Waals surface area contributed by atoms with Gasteiger partial charge in [-0.15, -0.1) is 11.3 Å². The molecule has 0 aromatic carbocycles. The first-order valence-electron chi connectivity index (χ1n) is 8.50. The average Bonchev–Trinajstić information content (AvgIpc) is 3.09. The van der Waals surface area contributed by atoms with Gasteiger partial charge >= 0.3 is 0 Å². The second kappa shape index (κ2) is 6.53. The molecule has 0 aliphatic heterocycles. The van der Waals surface area contributed by atoms with Crippen molar-refractivity contribution in [2.24, 2.45) is 0 Å². The van der Waals surface area contributed by atoms with E-state index in [0.29, 0.717) is 16.0 Å². The summed E-state index contributed by atoms with van der Waals surface area (Å²) in [5.41, 5.74) is 2.14. The number of carbonyl (C=O) groups is 1. The molecule has 3 aromatic heterocycles. The first kappa shape index (κ1) is 16.7. The van der Waals surface area contributed by atoms with E-state index in [0.717, 1.165) is 36.9 Å². The van der Waals surface area contributed by atoms with E-state index in [4.69, 9.17) is 0 Å². The standard InChI is InChI=1S/C18H18N4O3S/c1-22(9-14-19-13-6-7-26-15(13)17(24)21-14)18(25)11-8-10-4-2-3-5-12(10)20-16(11)23/h6-8H,2-5,9H2,1H3,(H,20,23)(H,19,21,24). The number of hydrogen-bond acceptors (Lipinski definition) is 5. The summed E-state index contributed by atoms with van der Waals surface area (Å²) in [5, 5.41) is 1.80. The summed E-state index contributed by atoms with van der Waals surface area (Å²) >= 11 is 1.33. The Hall–Kier alpha value is -2.74. The Morgan fingerprint density at radius 3 is 2.88 bits per heavy atom.